The van der Waals surface area contributed by atoms with Crippen LogP contribution in [0.15, 0.2) is 18.2 Å². The lowest BCUT2D eigenvalue weighted by Gasteiger charge is -2.16. The third-order valence-electron chi connectivity index (χ3n) is 2.98. The van der Waals surface area contributed by atoms with Crippen LogP contribution in [0.3, 0.4) is 0 Å². The Kier molecular flexibility index (Phi) is 5.44. The van der Waals surface area contributed by atoms with Gasteiger partial charge in [-0.25, -0.2) is 0 Å². The molecular weight excluding hydrogens is 248 g/mol. The fraction of sp³-hybridized carbons (Fsp3) is 0.462. The van der Waals surface area contributed by atoms with E-state index in [0.717, 1.165) is 0 Å². The summed E-state index contributed by atoms with van der Waals surface area (Å²) in [6.07, 6.45) is 1.16. The highest BCUT2D eigenvalue weighted by Crippen LogP contribution is 2.17. The zero-order valence-electron chi connectivity index (χ0n) is 11.0. The summed E-state index contributed by atoms with van der Waals surface area (Å²) in [5.74, 6) is -0.346. The van der Waals surface area contributed by atoms with Gasteiger partial charge in [-0.15, -0.1) is 0 Å². The van der Waals surface area contributed by atoms with Gasteiger partial charge in [0, 0.05) is 30.3 Å². The Morgan fingerprint density at radius 1 is 1.53 bits per heavy atom. The number of amides is 1. The number of benzene rings is 1. The molecule has 0 aliphatic rings. The number of aryl methyl sites for hydroxylation is 1. The van der Waals surface area contributed by atoms with Crippen LogP contribution in [0.4, 0.5) is 5.69 Å². The number of aliphatic hydroxyl groups is 1. The zero-order valence-corrected chi connectivity index (χ0v) is 11.0. The highest BCUT2D eigenvalue weighted by atomic mass is 16.6. The van der Waals surface area contributed by atoms with Gasteiger partial charge >= 0.3 is 0 Å². The number of nitrogens with zero attached hydrogens (tertiary/aromatic N) is 1. The summed E-state index contributed by atoms with van der Waals surface area (Å²) in [6.45, 7) is 3.62. The SMILES string of the molecule is CCC(CCO)NC(=O)c1cc([N+](=O)[O-])ccc1C. The highest BCUT2D eigenvalue weighted by Gasteiger charge is 2.17. The molecule has 1 atom stereocenters. The quantitative estimate of drug-likeness (QED) is 0.606. The molecule has 0 aromatic heterocycles. The van der Waals surface area contributed by atoms with Gasteiger partial charge in [-0.2, -0.15) is 0 Å². The van der Waals surface area contributed by atoms with E-state index >= 15 is 0 Å². The van der Waals surface area contributed by atoms with Crippen molar-refractivity contribution in [3.05, 3.63) is 39.4 Å². The molecule has 19 heavy (non-hydrogen) atoms. The number of carbonyl (C=O) groups is 1. The molecule has 6 nitrogen and oxygen atoms in total. The number of nitro groups is 1. The molecule has 0 saturated carbocycles. The van der Waals surface area contributed by atoms with Gasteiger partial charge in [0.1, 0.15) is 0 Å². The molecule has 0 bridgehead atoms. The number of hydrogen-bond donors (Lipinski definition) is 2. The van der Waals surface area contributed by atoms with Crippen molar-refractivity contribution in [1.29, 1.82) is 0 Å². The Bertz CT molecular complexity index is 474. The van der Waals surface area contributed by atoms with E-state index in [0.29, 0.717) is 24.0 Å². The van der Waals surface area contributed by atoms with Crippen LogP contribution < -0.4 is 5.32 Å². The van der Waals surface area contributed by atoms with Gasteiger partial charge in [0.05, 0.1) is 4.92 Å². The third kappa shape index (κ3) is 4.03. The van der Waals surface area contributed by atoms with E-state index < -0.39 is 4.92 Å². The van der Waals surface area contributed by atoms with Crippen molar-refractivity contribution in [2.24, 2.45) is 0 Å². The molecule has 0 radical (unpaired) electrons. The molecule has 1 amide bonds. The van der Waals surface area contributed by atoms with Crippen molar-refractivity contribution < 1.29 is 14.8 Å². The number of non-ortho nitro benzene ring substituents is 1. The minimum absolute atomic E-state index is 0.00724. The fourth-order valence-electron chi connectivity index (χ4n) is 1.77. The van der Waals surface area contributed by atoms with Crippen molar-refractivity contribution in [2.45, 2.75) is 32.7 Å². The summed E-state index contributed by atoms with van der Waals surface area (Å²) < 4.78 is 0. The molecule has 1 aromatic carbocycles. The summed E-state index contributed by atoms with van der Waals surface area (Å²) in [5.41, 5.74) is 0.874. The van der Waals surface area contributed by atoms with Crippen molar-refractivity contribution in [3.63, 3.8) is 0 Å². The predicted molar refractivity (Wildman–Crippen MR) is 71.1 cm³/mol. The van der Waals surface area contributed by atoms with Crippen molar-refractivity contribution in [1.82, 2.24) is 5.32 Å². The molecule has 6 heteroatoms. The van der Waals surface area contributed by atoms with Gasteiger partial charge in [-0.1, -0.05) is 13.0 Å². The molecular formula is C13H18N2O4. The lowest BCUT2D eigenvalue weighted by molar-refractivity contribution is -0.384. The average Bonchev–Trinajstić information content (AvgIpc) is 2.38. The smallest absolute Gasteiger partial charge is 0.270 e. The zero-order chi connectivity index (χ0) is 14.4. The standard InChI is InChI=1S/C13H18N2O4/c1-3-10(6-7-16)14-13(17)12-8-11(15(18)19)5-4-9(12)2/h4-5,8,10,16H,3,6-7H2,1-2H3,(H,14,17). The number of nitro benzene ring substituents is 1. The van der Waals surface area contributed by atoms with Crippen molar-refractivity contribution in [2.75, 3.05) is 6.61 Å². The summed E-state index contributed by atoms with van der Waals surface area (Å²) in [6, 6.07) is 4.07. The molecule has 0 saturated heterocycles. The summed E-state index contributed by atoms with van der Waals surface area (Å²) >= 11 is 0. The third-order valence-corrected chi connectivity index (χ3v) is 2.98. The maximum atomic E-state index is 12.1. The summed E-state index contributed by atoms with van der Waals surface area (Å²) in [4.78, 5) is 22.3. The first-order valence-corrected chi connectivity index (χ1v) is 6.16. The summed E-state index contributed by atoms with van der Waals surface area (Å²) in [5, 5.41) is 22.4. The van der Waals surface area contributed by atoms with E-state index in [9.17, 15) is 14.9 Å². The van der Waals surface area contributed by atoms with E-state index in [1.807, 2.05) is 6.92 Å². The molecule has 1 unspecified atom stereocenters. The lowest BCUT2D eigenvalue weighted by atomic mass is 10.1. The first kappa shape index (κ1) is 15.1. The average molecular weight is 266 g/mol. The van der Waals surface area contributed by atoms with E-state index in [2.05, 4.69) is 5.32 Å². The Morgan fingerprint density at radius 2 is 2.21 bits per heavy atom. The van der Waals surface area contributed by atoms with Gasteiger partial charge in [-0.05, 0) is 25.3 Å². The second-order valence-electron chi connectivity index (χ2n) is 4.35. The maximum Gasteiger partial charge on any atom is 0.270 e. The van der Waals surface area contributed by atoms with Crippen LogP contribution in [0, 0.1) is 17.0 Å². The van der Waals surface area contributed by atoms with Gasteiger partial charge in [0.25, 0.3) is 11.6 Å². The van der Waals surface area contributed by atoms with Crippen LogP contribution in [-0.4, -0.2) is 28.6 Å². The minimum Gasteiger partial charge on any atom is -0.396 e. The maximum absolute atomic E-state index is 12.1. The molecule has 0 spiro atoms. The molecule has 1 rings (SSSR count). The van der Waals surface area contributed by atoms with Crippen LogP contribution >= 0.6 is 0 Å². The van der Waals surface area contributed by atoms with E-state index in [4.69, 9.17) is 5.11 Å². The lowest BCUT2D eigenvalue weighted by Crippen LogP contribution is -2.35. The number of nitrogens with one attached hydrogen (secondary N) is 1. The van der Waals surface area contributed by atoms with Crippen LogP contribution in [0.2, 0.25) is 0 Å². The van der Waals surface area contributed by atoms with E-state index in [-0.39, 0.29) is 24.2 Å². The molecule has 0 fully saturated rings. The summed E-state index contributed by atoms with van der Waals surface area (Å²) in [7, 11) is 0. The number of rotatable bonds is 6. The van der Waals surface area contributed by atoms with Gasteiger partial charge < -0.3 is 10.4 Å². The highest BCUT2D eigenvalue weighted by molar-refractivity contribution is 5.96. The normalized spacial score (nSPS) is 11.9. The topological polar surface area (TPSA) is 92.5 Å². The number of carbonyl (C=O) groups excluding carboxylic acids is 1. The number of aliphatic hydroxyl groups excluding tert-OH is 1. The van der Waals surface area contributed by atoms with Crippen LogP contribution in [0.1, 0.15) is 35.7 Å². The van der Waals surface area contributed by atoms with Gasteiger partial charge in [0.15, 0.2) is 0 Å². The van der Waals surface area contributed by atoms with Crippen molar-refractivity contribution in [3.8, 4) is 0 Å². The molecule has 2 N–H and O–H groups in total. The van der Waals surface area contributed by atoms with Crippen molar-refractivity contribution >= 4 is 11.6 Å². The van der Waals surface area contributed by atoms with E-state index in [1.165, 1.54) is 12.1 Å². The van der Waals surface area contributed by atoms with Gasteiger partial charge in [-0.3, -0.25) is 14.9 Å². The fourth-order valence-corrected chi connectivity index (χ4v) is 1.77. The Labute approximate surface area is 111 Å². The predicted octanol–water partition coefficient (Wildman–Crippen LogP) is 1.79. The van der Waals surface area contributed by atoms with Crippen LogP contribution in [0.5, 0.6) is 0 Å². The Balaban J connectivity index is 2.92. The monoisotopic (exact) mass is 266 g/mol. The minimum atomic E-state index is -0.527. The molecule has 0 aliphatic heterocycles. The molecule has 104 valence electrons. The number of hydrogen-bond acceptors (Lipinski definition) is 4. The first-order chi connectivity index (χ1) is 8.99. The van der Waals surface area contributed by atoms with Gasteiger partial charge in [0.2, 0.25) is 0 Å². The Morgan fingerprint density at radius 3 is 2.74 bits per heavy atom. The Hall–Kier alpha value is -1.95. The molecule has 0 aliphatic carbocycles. The van der Waals surface area contributed by atoms with Crippen LogP contribution in [-0.2, 0) is 0 Å². The van der Waals surface area contributed by atoms with E-state index in [1.54, 1.807) is 13.0 Å². The van der Waals surface area contributed by atoms with Crippen LogP contribution in [0.25, 0.3) is 0 Å². The first-order valence-electron chi connectivity index (χ1n) is 6.16. The molecule has 1 aromatic rings. The largest absolute Gasteiger partial charge is 0.396 e. The second kappa shape index (κ2) is 6.84. The molecule has 0 heterocycles. The second-order valence-corrected chi connectivity index (χ2v) is 4.35.